The van der Waals surface area contributed by atoms with Crippen molar-refractivity contribution < 1.29 is 26.7 Å². The number of hydrogen-bond donors (Lipinski definition) is 1. The van der Waals surface area contributed by atoms with Crippen molar-refractivity contribution in [3.05, 3.63) is 29.1 Å². The van der Waals surface area contributed by atoms with Crippen molar-refractivity contribution in [2.75, 3.05) is 5.32 Å². The summed E-state index contributed by atoms with van der Waals surface area (Å²) in [4.78, 5) is 11.0. The second kappa shape index (κ2) is 4.87. The molecule has 94 valence electrons. The minimum atomic E-state index is -2.29. The van der Waals surface area contributed by atoms with E-state index in [0.717, 1.165) is 0 Å². The van der Waals surface area contributed by atoms with Gasteiger partial charge in [-0.15, -0.1) is 11.6 Å². The molecule has 1 amide bonds. The summed E-state index contributed by atoms with van der Waals surface area (Å²) in [6.07, 6.45) is 0. The predicted octanol–water partition coefficient (Wildman–Crippen LogP) is 2.95. The van der Waals surface area contributed by atoms with Crippen LogP contribution in [0.4, 0.5) is 27.6 Å². The molecule has 2 nitrogen and oxygen atoms in total. The third-order valence-corrected chi connectivity index (χ3v) is 2.02. The summed E-state index contributed by atoms with van der Waals surface area (Å²) >= 11 is 5.28. The smallest absolute Gasteiger partial charge is 0.242 e. The molecule has 8 heteroatoms. The summed E-state index contributed by atoms with van der Waals surface area (Å²) < 4.78 is 64.1. The van der Waals surface area contributed by atoms with Gasteiger partial charge in [0.2, 0.25) is 11.7 Å². The van der Waals surface area contributed by atoms with E-state index >= 15 is 0 Å². The number of amides is 1. The Hall–Kier alpha value is -1.37. The Morgan fingerprint density at radius 1 is 1.00 bits per heavy atom. The van der Waals surface area contributed by atoms with E-state index in [9.17, 15) is 26.7 Å². The van der Waals surface area contributed by atoms with Gasteiger partial charge in [0.15, 0.2) is 23.3 Å². The molecular weight excluding hydrogens is 269 g/mol. The fourth-order valence-electron chi connectivity index (χ4n) is 0.937. The van der Waals surface area contributed by atoms with Crippen LogP contribution in [0.15, 0.2) is 0 Å². The van der Waals surface area contributed by atoms with Gasteiger partial charge in [0.1, 0.15) is 11.1 Å². The van der Waals surface area contributed by atoms with E-state index in [-0.39, 0.29) is 0 Å². The topological polar surface area (TPSA) is 29.1 Å². The first-order valence-electron chi connectivity index (χ1n) is 4.23. The zero-order chi connectivity index (χ0) is 13.3. The summed E-state index contributed by atoms with van der Waals surface area (Å²) in [6, 6.07) is 0. The Morgan fingerprint density at radius 3 is 1.71 bits per heavy atom. The molecule has 0 saturated carbocycles. The van der Waals surface area contributed by atoms with E-state index in [1.165, 1.54) is 12.2 Å². The van der Waals surface area contributed by atoms with Crippen LogP contribution in [0.1, 0.15) is 6.92 Å². The van der Waals surface area contributed by atoms with Crippen LogP contribution in [0.5, 0.6) is 0 Å². The zero-order valence-electron chi connectivity index (χ0n) is 8.25. The minimum Gasteiger partial charge on any atom is -0.320 e. The first kappa shape index (κ1) is 13.7. The van der Waals surface area contributed by atoms with E-state index in [2.05, 4.69) is 0 Å². The van der Waals surface area contributed by atoms with Crippen LogP contribution in [-0.2, 0) is 4.79 Å². The third kappa shape index (κ3) is 2.49. The molecule has 0 radical (unpaired) electrons. The quantitative estimate of drug-likeness (QED) is 0.382. The predicted molar refractivity (Wildman–Crippen MR) is 50.2 cm³/mol. The van der Waals surface area contributed by atoms with E-state index in [1.807, 2.05) is 0 Å². The molecule has 0 fully saturated rings. The maximum atomic E-state index is 13.0. The molecule has 1 rings (SSSR count). The van der Waals surface area contributed by atoms with E-state index in [1.54, 1.807) is 0 Å². The van der Waals surface area contributed by atoms with Gasteiger partial charge in [-0.1, -0.05) is 0 Å². The summed E-state index contributed by atoms with van der Waals surface area (Å²) in [6.45, 7) is 1.17. The van der Waals surface area contributed by atoms with Crippen molar-refractivity contribution in [3.63, 3.8) is 0 Å². The lowest BCUT2D eigenvalue weighted by Gasteiger charge is -2.10. The highest BCUT2D eigenvalue weighted by Crippen LogP contribution is 2.27. The number of alkyl halides is 1. The van der Waals surface area contributed by atoms with Gasteiger partial charge in [-0.2, -0.15) is 0 Å². The number of anilines is 1. The van der Waals surface area contributed by atoms with Crippen LogP contribution < -0.4 is 5.32 Å². The first-order valence-corrected chi connectivity index (χ1v) is 4.67. The lowest BCUT2D eigenvalue weighted by Crippen LogP contribution is -2.23. The largest absolute Gasteiger partial charge is 0.320 e. The highest BCUT2D eigenvalue weighted by Gasteiger charge is 2.27. The molecule has 0 aliphatic heterocycles. The Labute approximate surface area is 97.4 Å². The molecule has 0 aliphatic carbocycles. The first-order chi connectivity index (χ1) is 7.77. The van der Waals surface area contributed by atoms with Crippen molar-refractivity contribution in [2.45, 2.75) is 12.3 Å². The number of carbonyl (C=O) groups is 1. The van der Waals surface area contributed by atoms with Crippen molar-refractivity contribution >= 4 is 23.2 Å². The van der Waals surface area contributed by atoms with Crippen LogP contribution >= 0.6 is 11.6 Å². The van der Waals surface area contributed by atoms with Crippen LogP contribution in [0.3, 0.4) is 0 Å². The Kier molecular flexibility index (Phi) is 3.92. The molecule has 0 unspecified atom stereocenters. The molecule has 1 aromatic carbocycles. The number of benzene rings is 1. The van der Waals surface area contributed by atoms with Gasteiger partial charge >= 0.3 is 0 Å². The monoisotopic (exact) mass is 273 g/mol. The third-order valence-electron chi connectivity index (χ3n) is 1.82. The van der Waals surface area contributed by atoms with Gasteiger partial charge in [-0.05, 0) is 6.92 Å². The SMILES string of the molecule is C[C@H](Cl)C(=O)Nc1c(F)c(F)c(F)c(F)c1F. The van der Waals surface area contributed by atoms with Gasteiger partial charge in [0.05, 0.1) is 0 Å². The average Bonchev–Trinajstić information content (AvgIpc) is 2.29. The fraction of sp³-hybridized carbons (Fsp3) is 0.222. The van der Waals surface area contributed by atoms with Crippen molar-refractivity contribution in [2.24, 2.45) is 0 Å². The molecule has 17 heavy (non-hydrogen) atoms. The van der Waals surface area contributed by atoms with Gasteiger partial charge in [-0.25, -0.2) is 22.0 Å². The van der Waals surface area contributed by atoms with Crippen molar-refractivity contribution in [1.82, 2.24) is 0 Å². The maximum absolute atomic E-state index is 13.0. The standard InChI is InChI=1S/C9H5ClF5NO/c1-2(10)9(17)16-8-6(14)4(12)3(11)5(13)7(8)15/h2H,1H3,(H,16,17)/t2-/m0/s1. The number of rotatable bonds is 2. The molecule has 1 atom stereocenters. The van der Waals surface area contributed by atoms with Crippen molar-refractivity contribution in [3.8, 4) is 0 Å². The summed E-state index contributed by atoms with van der Waals surface area (Å²) in [5, 5.41) is 0.329. The minimum absolute atomic E-state index is 1.09. The van der Waals surface area contributed by atoms with Crippen LogP contribution in [0.2, 0.25) is 0 Å². The Morgan fingerprint density at radius 2 is 1.35 bits per heavy atom. The van der Waals surface area contributed by atoms with Crippen molar-refractivity contribution in [1.29, 1.82) is 0 Å². The van der Waals surface area contributed by atoms with Gasteiger partial charge in [0, 0.05) is 0 Å². The normalized spacial score (nSPS) is 12.4. The zero-order valence-corrected chi connectivity index (χ0v) is 9.01. The lowest BCUT2D eigenvalue weighted by molar-refractivity contribution is -0.115. The molecule has 1 N–H and O–H groups in total. The molecular formula is C9H5ClF5NO. The molecule has 0 spiro atoms. The molecule has 0 bridgehead atoms. The fourth-order valence-corrected chi connectivity index (χ4v) is 0.992. The van der Waals surface area contributed by atoms with Gasteiger partial charge in [-0.3, -0.25) is 4.79 Å². The highest BCUT2D eigenvalue weighted by atomic mass is 35.5. The number of carbonyl (C=O) groups excluding carboxylic acids is 1. The molecule has 1 aromatic rings. The summed E-state index contributed by atoms with van der Waals surface area (Å²) in [5.41, 5.74) is -1.42. The highest BCUT2D eigenvalue weighted by molar-refractivity contribution is 6.32. The summed E-state index contributed by atoms with van der Waals surface area (Å²) in [5.74, 6) is -11.9. The number of halogens is 6. The van der Waals surface area contributed by atoms with E-state index < -0.39 is 46.1 Å². The Bertz CT molecular complexity index is 448. The molecule has 0 saturated heterocycles. The second-order valence-corrected chi connectivity index (χ2v) is 3.70. The summed E-state index contributed by atoms with van der Waals surface area (Å²) in [7, 11) is 0. The second-order valence-electron chi connectivity index (χ2n) is 3.05. The van der Waals surface area contributed by atoms with E-state index in [0.29, 0.717) is 0 Å². The van der Waals surface area contributed by atoms with Gasteiger partial charge in [0.25, 0.3) is 0 Å². The van der Waals surface area contributed by atoms with Gasteiger partial charge < -0.3 is 5.32 Å². The molecule has 0 aromatic heterocycles. The molecule has 0 heterocycles. The molecule has 0 aliphatic rings. The van der Waals surface area contributed by atoms with E-state index in [4.69, 9.17) is 11.6 Å². The number of hydrogen-bond acceptors (Lipinski definition) is 1. The Balaban J connectivity index is 3.30. The van der Waals surface area contributed by atoms with Crippen LogP contribution in [0, 0.1) is 29.1 Å². The van der Waals surface area contributed by atoms with Crippen LogP contribution in [0.25, 0.3) is 0 Å². The number of nitrogens with one attached hydrogen (secondary N) is 1. The maximum Gasteiger partial charge on any atom is 0.242 e. The average molecular weight is 274 g/mol. The van der Waals surface area contributed by atoms with Crippen LogP contribution in [-0.4, -0.2) is 11.3 Å². The lowest BCUT2D eigenvalue weighted by atomic mass is 10.2.